The molecular weight excluding hydrogens is 364 g/mol. The maximum atomic E-state index is 12.4. The fourth-order valence-electron chi connectivity index (χ4n) is 3.16. The Kier molecular flexibility index (Phi) is 6.01. The van der Waals surface area contributed by atoms with Gasteiger partial charge in [-0.2, -0.15) is 0 Å². The number of amides is 1. The van der Waals surface area contributed by atoms with Crippen LogP contribution in [0, 0.1) is 13.8 Å². The van der Waals surface area contributed by atoms with Crippen LogP contribution in [-0.4, -0.2) is 49.6 Å². The smallest absolute Gasteiger partial charge is 0.338 e. The summed E-state index contributed by atoms with van der Waals surface area (Å²) in [5, 5.41) is 0.546. The van der Waals surface area contributed by atoms with Crippen molar-refractivity contribution in [2.24, 2.45) is 0 Å². The molecular formula is C21H23ClN2O3. The molecule has 0 unspecified atom stereocenters. The van der Waals surface area contributed by atoms with Crippen LogP contribution < -0.4 is 4.90 Å². The standard InChI is InChI=1S/C21H23ClN2O3/c1-15-4-3-5-19(16(15)2)23-10-12-24(13-11-23)20(25)14-27-21(26)17-6-8-18(22)9-7-17/h3-9H,10-14H2,1-2H3. The van der Waals surface area contributed by atoms with E-state index in [2.05, 4.69) is 36.9 Å². The lowest BCUT2D eigenvalue weighted by atomic mass is 10.1. The number of aryl methyl sites for hydroxylation is 1. The molecule has 5 nitrogen and oxygen atoms in total. The second kappa shape index (κ2) is 8.44. The van der Waals surface area contributed by atoms with Crippen molar-refractivity contribution in [3.63, 3.8) is 0 Å². The zero-order valence-electron chi connectivity index (χ0n) is 15.6. The summed E-state index contributed by atoms with van der Waals surface area (Å²) >= 11 is 5.80. The van der Waals surface area contributed by atoms with Crippen molar-refractivity contribution < 1.29 is 14.3 Å². The molecule has 1 fully saturated rings. The minimum absolute atomic E-state index is 0.169. The van der Waals surface area contributed by atoms with E-state index >= 15 is 0 Å². The lowest BCUT2D eigenvalue weighted by Crippen LogP contribution is -2.50. The van der Waals surface area contributed by atoms with E-state index in [0.717, 1.165) is 13.1 Å². The maximum Gasteiger partial charge on any atom is 0.338 e. The third-order valence-electron chi connectivity index (χ3n) is 4.96. The average Bonchev–Trinajstić information content (AvgIpc) is 2.68. The number of carbonyl (C=O) groups excluding carboxylic acids is 2. The highest BCUT2D eigenvalue weighted by Crippen LogP contribution is 2.23. The van der Waals surface area contributed by atoms with Gasteiger partial charge in [0.25, 0.3) is 5.91 Å². The molecule has 1 aliphatic heterocycles. The summed E-state index contributed by atoms with van der Waals surface area (Å²) < 4.78 is 5.14. The number of hydrogen-bond acceptors (Lipinski definition) is 4. The molecule has 142 valence electrons. The van der Waals surface area contributed by atoms with Gasteiger partial charge in [0.05, 0.1) is 5.56 Å². The van der Waals surface area contributed by atoms with Gasteiger partial charge in [0.2, 0.25) is 0 Å². The molecule has 2 aromatic rings. The molecule has 0 N–H and O–H groups in total. The first-order chi connectivity index (χ1) is 13.0. The van der Waals surface area contributed by atoms with Crippen LogP contribution in [0.15, 0.2) is 42.5 Å². The first-order valence-electron chi connectivity index (χ1n) is 8.97. The van der Waals surface area contributed by atoms with E-state index in [4.69, 9.17) is 16.3 Å². The third kappa shape index (κ3) is 4.61. The predicted molar refractivity (Wildman–Crippen MR) is 106 cm³/mol. The molecule has 6 heteroatoms. The summed E-state index contributed by atoms with van der Waals surface area (Å²) in [5.41, 5.74) is 4.14. The van der Waals surface area contributed by atoms with Crippen molar-refractivity contribution in [3.8, 4) is 0 Å². The number of carbonyl (C=O) groups is 2. The molecule has 0 aliphatic carbocycles. The van der Waals surface area contributed by atoms with Crippen LogP contribution in [0.3, 0.4) is 0 Å². The fourth-order valence-corrected chi connectivity index (χ4v) is 3.29. The Morgan fingerprint density at radius 2 is 1.67 bits per heavy atom. The zero-order chi connectivity index (χ0) is 19.4. The van der Waals surface area contributed by atoms with E-state index in [9.17, 15) is 9.59 Å². The summed E-state index contributed by atoms with van der Waals surface area (Å²) in [7, 11) is 0. The summed E-state index contributed by atoms with van der Waals surface area (Å²) in [5.74, 6) is -0.688. The highest BCUT2D eigenvalue weighted by Gasteiger charge is 2.23. The third-order valence-corrected chi connectivity index (χ3v) is 5.21. The van der Waals surface area contributed by atoms with Gasteiger partial charge in [-0.1, -0.05) is 23.7 Å². The van der Waals surface area contributed by atoms with E-state index in [1.54, 1.807) is 29.2 Å². The molecule has 1 aliphatic rings. The maximum absolute atomic E-state index is 12.4. The molecule has 0 spiro atoms. The number of benzene rings is 2. The fraction of sp³-hybridized carbons (Fsp3) is 0.333. The van der Waals surface area contributed by atoms with Gasteiger partial charge >= 0.3 is 5.97 Å². The second-order valence-corrected chi connectivity index (χ2v) is 7.11. The SMILES string of the molecule is Cc1cccc(N2CCN(C(=O)COC(=O)c3ccc(Cl)cc3)CC2)c1C. The topological polar surface area (TPSA) is 49.9 Å². The van der Waals surface area contributed by atoms with Gasteiger partial charge in [-0.05, 0) is 55.3 Å². The predicted octanol–water partition coefficient (Wildman–Crippen LogP) is 3.46. The van der Waals surface area contributed by atoms with E-state index < -0.39 is 5.97 Å². The molecule has 0 bridgehead atoms. The van der Waals surface area contributed by atoms with Crippen molar-refractivity contribution in [2.45, 2.75) is 13.8 Å². The molecule has 0 radical (unpaired) electrons. The number of nitrogens with zero attached hydrogens (tertiary/aromatic N) is 2. The molecule has 1 amide bonds. The van der Waals surface area contributed by atoms with E-state index in [0.29, 0.717) is 23.7 Å². The Labute approximate surface area is 164 Å². The number of esters is 1. The summed E-state index contributed by atoms with van der Waals surface area (Å²) in [6, 6.07) is 12.7. The van der Waals surface area contributed by atoms with Crippen molar-refractivity contribution in [1.29, 1.82) is 0 Å². The quantitative estimate of drug-likeness (QED) is 0.755. The Balaban J connectivity index is 1.50. The van der Waals surface area contributed by atoms with E-state index in [1.807, 2.05) is 0 Å². The molecule has 2 aromatic carbocycles. The number of hydrogen-bond donors (Lipinski definition) is 0. The Morgan fingerprint density at radius 3 is 2.33 bits per heavy atom. The van der Waals surface area contributed by atoms with Crippen molar-refractivity contribution in [2.75, 3.05) is 37.7 Å². The van der Waals surface area contributed by atoms with Gasteiger partial charge in [0, 0.05) is 36.9 Å². The minimum Gasteiger partial charge on any atom is -0.452 e. The molecule has 0 aromatic heterocycles. The van der Waals surface area contributed by atoms with Crippen LogP contribution in [0.5, 0.6) is 0 Å². The van der Waals surface area contributed by atoms with Gasteiger partial charge < -0.3 is 14.5 Å². The van der Waals surface area contributed by atoms with Crippen LogP contribution in [0.25, 0.3) is 0 Å². The first kappa shape index (κ1) is 19.2. The monoisotopic (exact) mass is 386 g/mol. The lowest BCUT2D eigenvalue weighted by molar-refractivity contribution is -0.134. The zero-order valence-corrected chi connectivity index (χ0v) is 16.3. The van der Waals surface area contributed by atoms with Gasteiger partial charge in [-0.3, -0.25) is 4.79 Å². The van der Waals surface area contributed by atoms with Crippen molar-refractivity contribution >= 4 is 29.2 Å². The summed E-state index contributed by atoms with van der Waals surface area (Å²) in [6.45, 7) is 6.74. The molecule has 0 saturated carbocycles. The first-order valence-corrected chi connectivity index (χ1v) is 9.35. The van der Waals surface area contributed by atoms with Crippen molar-refractivity contribution in [3.05, 3.63) is 64.2 Å². The second-order valence-electron chi connectivity index (χ2n) is 6.67. The highest BCUT2D eigenvalue weighted by molar-refractivity contribution is 6.30. The molecule has 0 atom stereocenters. The summed E-state index contributed by atoms with van der Waals surface area (Å²) in [6.07, 6.45) is 0. The van der Waals surface area contributed by atoms with Gasteiger partial charge in [0.15, 0.2) is 6.61 Å². The van der Waals surface area contributed by atoms with Gasteiger partial charge in [0.1, 0.15) is 0 Å². The van der Waals surface area contributed by atoms with E-state index in [1.165, 1.54) is 16.8 Å². The molecule has 1 saturated heterocycles. The Hall–Kier alpha value is -2.53. The van der Waals surface area contributed by atoms with Crippen LogP contribution in [-0.2, 0) is 9.53 Å². The largest absolute Gasteiger partial charge is 0.452 e. The Morgan fingerprint density at radius 1 is 1.00 bits per heavy atom. The number of anilines is 1. The van der Waals surface area contributed by atoms with Crippen LogP contribution >= 0.6 is 11.6 Å². The minimum atomic E-state index is -0.519. The molecule has 27 heavy (non-hydrogen) atoms. The Bertz CT molecular complexity index is 828. The van der Waals surface area contributed by atoms with Gasteiger partial charge in [-0.15, -0.1) is 0 Å². The van der Waals surface area contributed by atoms with E-state index in [-0.39, 0.29) is 12.5 Å². The molecule has 1 heterocycles. The lowest BCUT2D eigenvalue weighted by Gasteiger charge is -2.37. The molecule has 3 rings (SSSR count). The van der Waals surface area contributed by atoms with Crippen LogP contribution in [0.2, 0.25) is 5.02 Å². The summed E-state index contributed by atoms with van der Waals surface area (Å²) in [4.78, 5) is 28.4. The van der Waals surface area contributed by atoms with Gasteiger partial charge in [-0.25, -0.2) is 4.79 Å². The van der Waals surface area contributed by atoms with Crippen molar-refractivity contribution in [1.82, 2.24) is 4.90 Å². The number of halogens is 1. The average molecular weight is 387 g/mol. The number of piperazine rings is 1. The van der Waals surface area contributed by atoms with Crippen LogP contribution in [0.1, 0.15) is 21.5 Å². The highest BCUT2D eigenvalue weighted by atomic mass is 35.5. The number of ether oxygens (including phenoxy) is 1. The van der Waals surface area contributed by atoms with Crippen LogP contribution in [0.4, 0.5) is 5.69 Å². The number of rotatable bonds is 4. The normalized spacial score (nSPS) is 14.2.